The quantitative estimate of drug-likeness (QED) is 0.131. The fraction of sp³-hybridized carbons (Fsp3) is 0.458. The minimum absolute atomic E-state index is 0. The van der Waals surface area contributed by atoms with Crippen molar-refractivity contribution in [2.45, 2.75) is 49.9 Å². The van der Waals surface area contributed by atoms with Crippen molar-refractivity contribution in [1.82, 2.24) is 4.98 Å². The van der Waals surface area contributed by atoms with Gasteiger partial charge in [-0.15, -0.1) is 12.4 Å². The molecule has 1 heterocycles. The number of amides is 1. The number of carbonyl (C=O) groups excluding carboxylic acids is 4. The molecular formula is C24H35ClN6O6S. The molecule has 2 aromatic rings. The van der Waals surface area contributed by atoms with Crippen LogP contribution in [0.1, 0.15) is 25.3 Å². The van der Waals surface area contributed by atoms with Crippen LogP contribution in [-0.2, 0) is 30.4 Å². The highest BCUT2D eigenvalue weighted by atomic mass is 35.5. The van der Waals surface area contributed by atoms with Crippen LogP contribution in [0.5, 0.6) is 0 Å². The van der Waals surface area contributed by atoms with Gasteiger partial charge >= 0.3 is 5.97 Å². The molecule has 0 bridgehead atoms. The minimum Gasteiger partial charge on any atom is -0.481 e. The lowest BCUT2D eigenvalue weighted by molar-refractivity contribution is -0.160. The molecule has 12 N–H and O–H groups in total. The van der Waals surface area contributed by atoms with E-state index in [1.54, 1.807) is 24.6 Å². The molecule has 1 aromatic heterocycles. The summed E-state index contributed by atoms with van der Waals surface area (Å²) >= 11 is 1.36. The van der Waals surface area contributed by atoms with E-state index in [0.717, 1.165) is 17.8 Å². The maximum atomic E-state index is 14.1. The lowest BCUT2D eigenvalue weighted by atomic mass is 9.57. The highest BCUT2D eigenvalue weighted by Crippen LogP contribution is 2.38. The third kappa shape index (κ3) is 6.25. The fourth-order valence-corrected chi connectivity index (χ4v) is 4.93. The summed E-state index contributed by atoms with van der Waals surface area (Å²) in [6.07, 6.45) is 2.33. The van der Waals surface area contributed by atoms with Gasteiger partial charge in [-0.25, -0.2) is 0 Å². The Morgan fingerprint density at radius 3 is 2.11 bits per heavy atom. The Hall–Kier alpha value is -2.81. The van der Waals surface area contributed by atoms with E-state index in [1.165, 1.54) is 11.8 Å². The van der Waals surface area contributed by atoms with Gasteiger partial charge in [0.15, 0.2) is 22.8 Å². The first-order chi connectivity index (χ1) is 17.2. The predicted octanol–water partition coefficient (Wildman–Crippen LogP) is -0.762. The minimum atomic E-state index is -3.02. The predicted molar refractivity (Wildman–Crippen MR) is 148 cm³/mol. The Labute approximate surface area is 230 Å². The van der Waals surface area contributed by atoms with Gasteiger partial charge in [0.25, 0.3) is 0 Å². The van der Waals surface area contributed by atoms with Gasteiger partial charge in [0.05, 0.1) is 24.5 Å². The zero-order chi connectivity index (χ0) is 28.1. The number of H-pyrrole nitrogens is 1. The molecule has 2 rings (SSSR count). The van der Waals surface area contributed by atoms with Gasteiger partial charge in [-0.2, -0.15) is 11.8 Å². The number of primary amides is 1. The molecular weight excluding hydrogens is 536 g/mol. The molecule has 0 fully saturated rings. The summed E-state index contributed by atoms with van der Waals surface area (Å²) < 4.78 is 0. The first-order valence-corrected chi connectivity index (χ1v) is 12.9. The van der Waals surface area contributed by atoms with Crippen molar-refractivity contribution in [3.8, 4) is 0 Å². The van der Waals surface area contributed by atoms with Crippen LogP contribution in [-0.4, -0.2) is 75.0 Å². The van der Waals surface area contributed by atoms with Gasteiger partial charge < -0.3 is 38.8 Å². The number of aromatic amines is 1. The van der Waals surface area contributed by atoms with Gasteiger partial charge in [-0.1, -0.05) is 18.2 Å². The number of fused-ring (bicyclic) bond motifs is 1. The number of carboxylic acids is 1. The Balaban J connectivity index is 0.00000722. The number of carbonyl (C=O) groups is 5. The van der Waals surface area contributed by atoms with E-state index >= 15 is 0 Å². The number of hydrogen-bond acceptors (Lipinski definition) is 10. The van der Waals surface area contributed by atoms with Gasteiger partial charge in [-0.05, 0) is 43.4 Å². The Bertz CT molecular complexity index is 1200. The molecule has 0 aliphatic heterocycles. The van der Waals surface area contributed by atoms with Crippen LogP contribution in [0, 0.1) is 5.41 Å². The second-order valence-corrected chi connectivity index (χ2v) is 10.2. The Kier molecular flexibility index (Phi) is 11.6. The van der Waals surface area contributed by atoms with E-state index in [4.69, 9.17) is 28.7 Å². The lowest BCUT2D eigenvalue weighted by Gasteiger charge is -2.44. The lowest BCUT2D eigenvalue weighted by Crippen LogP contribution is -2.76. The van der Waals surface area contributed by atoms with Crippen LogP contribution >= 0.6 is 24.2 Å². The largest absolute Gasteiger partial charge is 0.481 e. The molecule has 2 unspecified atom stereocenters. The van der Waals surface area contributed by atoms with Crippen molar-refractivity contribution in [3.63, 3.8) is 0 Å². The fourth-order valence-electron chi connectivity index (χ4n) is 4.44. The number of para-hydroxylation sites is 1. The summed E-state index contributed by atoms with van der Waals surface area (Å²) in [5, 5.41) is 9.96. The molecule has 1 amide bonds. The van der Waals surface area contributed by atoms with Crippen molar-refractivity contribution in [1.29, 1.82) is 0 Å². The molecule has 0 saturated heterocycles. The summed E-state index contributed by atoms with van der Waals surface area (Å²) in [5.74, 6) is -6.22. The highest BCUT2D eigenvalue weighted by Gasteiger charge is 2.67. The van der Waals surface area contributed by atoms with E-state index in [1.807, 2.05) is 12.1 Å². The van der Waals surface area contributed by atoms with Crippen molar-refractivity contribution in [2.24, 2.45) is 34.1 Å². The molecule has 210 valence electrons. The maximum Gasteiger partial charge on any atom is 0.305 e. The van der Waals surface area contributed by atoms with E-state index in [2.05, 4.69) is 4.98 Å². The monoisotopic (exact) mass is 570 g/mol. The number of aromatic nitrogens is 1. The molecule has 0 aliphatic rings. The van der Waals surface area contributed by atoms with Crippen molar-refractivity contribution >= 4 is 64.3 Å². The summed E-state index contributed by atoms with van der Waals surface area (Å²) in [4.78, 5) is 68.7. The Morgan fingerprint density at radius 2 is 1.55 bits per heavy atom. The van der Waals surface area contributed by atoms with Crippen LogP contribution < -0.4 is 28.7 Å². The molecule has 0 radical (unpaired) electrons. The molecule has 1 aromatic carbocycles. The number of benzene rings is 1. The smallest absolute Gasteiger partial charge is 0.305 e. The van der Waals surface area contributed by atoms with E-state index in [-0.39, 0.29) is 25.2 Å². The van der Waals surface area contributed by atoms with Crippen LogP contribution in [0.4, 0.5) is 0 Å². The number of aliphatic carboxylic acids is 1. The number of rotatable bonds is 15. The van der Waals surface area contributed by atoms with Crippen LogP contribution in [0.25, 0.3) is 10.9 Å². The number of Topliss-reactive ketones (excluding diaryl/α,β-unsaturated/α-hetero) is 3. The number of nitrogens with one attached hydrogen (secondary N) is 1. The Morgan fingerprint density at radius 1 is 1.00 bits per heavy atom. The third-order valence-electron chi connectivity index (χ3n) is 6.55. The van der Waals surface area contributed by atoms with Crippen LogP contribution in [0.15, 0.2) is 30.5 Å². The van der Waals surface area contributed by atoms with Crippen molar-refractivity contribution < 1.29 is 29.1 Å². The summed E-state index contributed by atoms with van der Waals surface area (Å²) in [5.41, 5.74) is 25.7. The van der Waals surface area contributed by atoms with Crippen molar-refractivity contribution in [2.75, 3.05) is 12.0 Å². The van der Waals surface area contributed by atoms with Crippen molar-refractivity contribution in [3.05, 3.63) is 36.0 Å². The number of nitrogens with two attached hydrogens (primary N) is 5. The number of halogens is 1. The molecule has 38 heavy (non-hydrogen) atoms. The third-order valence-corrected chi connectivity index (χ3v) is 7.20. The zero-order valence-corrected chi connectivity index (χ0v) is 22.8. The number of carboxylic acid groups (broad SMARTS) is 1. The van der Waals surface area contributed by atoms with Gasteiger partial charge in [0.2, 0.25) is 5.91 Å². The zero-order valence-electron chi connectivity index (χ0n) is 21.1. The number of thioether (sulfide) groups is 1. The average molecular weight is 571 g/mol. The molecule has 5 atom stereocenters. The highest BCUT2D eigenvalue weighted by molar-refractivity contribution is 7.98. The molecule has 0 saturated carbocycles. The standard InChI is InChI=1S/C24H34N6O6S.ClH/c1-23(29,22(28)36)24(19(33)14(25)7-8-37-2,21(35)16(27)10-18(31)32)20(34)15(26)9-12-11-30-17-6-4-3-5-13(12)17;/h3-6,11,14-16,30H,7-10,25-27,29H2,1-2H3,(H2,28,36)(H,31,32);1H/t14-,15-,16-,23?,24?;/m1./s1. The topological polar surface area (TPSA) is 251 Å². The van der Waals surface area contributed by atoms with Crippen LogP contribution in [0.3, 0.4) is 0 Å². The number of ketones is 3. The molecule has 12 nitrogen and oxygen atoms in total. The van der Waals surface area contributed by atoms with Gasteiger partial charge in [-0.3, -0.25) is 24.0 Å². The molecule has 0 spiro atoms. The first-order valence-electron chi connectivity index (χ1n) is 11.5. The first kappa shape index (κ1) is 33.2. The van der Waals surface area contributed by atoms with Gasteiger partial charge in [0.1, 0.15) is 5.54 Å². The second kappa shape index (κ2) is 13.3. The summed E-state index contributed by atoms with van der Waals surface area (Å²) in [6, 6.07) is 2.37. The molecule has 14 heteroatoms. The SMILES string of the molecule is CSCC[C@@H](N)C(=O)C(C(=O)[C@H](N)CC(=O)O)(C(=O)[C@H](N)Cc1c[nH]c2ccccc12)C(C)(N)C(N)=O.Cl. The second-order valence-electron chi connectivity index (χ2n) is 9.17. The number of hydrogen-bond donors (Lipinski definition) is 7. The summed E-state index contributed by atoms with van der Waals surface area (Å²) in [6.45, 7) is 0.955. The van der Waals surface area contributed by atoms with E-state index in [0.29, 0.717) is 11.3 Å². The van der Waals surface area contributed by atoms with Gasteiger partial charge in [0, 0.05) is 17.1 Å². The normalized spacial score (nSPS) is 16.8. The maximum absolute atomic E-state index is 14.1. The van der Waals surface area contributed by atoms with E-state index in [9.17, 15) is 29.1 Å². The average Bonchev–Trinajstić information content (AvgIpc) is 3.24. The summed E-state index contributed by atoms with van der Waals surface area (Å²) in [7, 11) is 0. The molecule has 0 aliphatic carbocycles. The van der Waals surface area contributed by atoms with E-state index < -0.39 is 64.7 Å². The van der Waals surface area contributed by atoms with Crippen LogP contribution in [0.2, 0.25) is 0 Å².